The smallest absolute Gasteiger partial charge is 0.416 e. The first-order valence-corrected chi connectivity index (χ1v) is 14.5. The highest BCUT2D eigenvalue weighted by Gasteiger charge is 2.34. The van der Waals surface area contributed by atoms with Crippen molar-refractivity contribution in [3.63, 3.8) is 0 Å². The summed E-state index contributed by atoms with van der Waals surface area (Å²) >= 11 is 0. The molecule has 1 saturated heterocycles. The molecule has 2 atom stereocenters. The Hall–Kier alpha value is -4.15. The van der Waals surface area contributed by atoms with E-state index in [1.807, 2.05) is 0 Å². The number of rotatable bonds is 9. The summed E-state index contributed by atoms with van der Waals surface area (Å²) in [5.74, 6) is -1.74. The molecule has 0 aromatic heterocycles. The zero-order valence-electron chi connectivity index (χ0n) is 22.4. The number of ether oxygens (including phenoxy) is 1. The highest BCUT2D eigenvalue weighted by Crippen LogP contribution is 2.32. The van der Waals surface area contributed by atoms with Crippen LogP contribution in [0.15, 0.2) is 71.6 Å². The number of hydrogen-bond acceptors (Lipinski definition) is 7. The lowest BCUT2D eigenvalue weighted by Crippen LogP contribution is -2.46. The normalized spacial score (nSPS) is 16.9. The number of hydrogen-bond donors (Lipinski definition) is 2. The molecule has 0 bridgehead atoms. The molecule has 2 N–H and O–H groups in total. The van der Waals surface area contributed by atoms with Crippen LogP contribution in [-0.2, 0) is 21.7 Å². The number of nitrogens with zero attached hydrogens (tertiary/aromatic N) is 2. The minimum atomic E-state index is -4.45. The first kappa shape index (κ1) is 30.8. The predicted octanol–water partition coefficient (Wildman–Crippen LogP) is 4.78. The van der Waals surface area contributed by atoms with Gasteiger partial charge in [-0.1, -0.05) is 19.1 Å². The van der Waals surface area contributed by atoms with Crippen molar-refractivity contribution in [2.24, 2.45) is 0 Å². The van der Waals surface area contributed by atoms with Gasteiger partial charge in [0.2, 0.25) is 0 Å². The summed E-state index contributed by atoms with van der Waals surface area (Å²) in [5, 5.41) is 22.6. The molecule has 42 heavy (non-hydrogen) atoms. The van der Waals surface area contributed by atoms with Gasteiger partial charge in [-0.2, -0.15) is 18.4 Å². The summed E-state index contributed by atoms with van der Waals surface area (Å²) < 4.78 is 83.4. The summed E-state index contributed by atoms with van der Waals surface area (Å²) in [5.41, 5.74) is -2.90. The van der Waals surface area contributed by atoms with Gasteiger partial charge in [0.05, 0.1) is 40.8 Å². The molecule has 3 aromatic carbocycles. The number of nitriles is 1. The van der Waals surface area contributed by atoms with Crippen molar-refractivity contribution in [3.8, 4) is 11.8 Å². The molecule has 3 aromatic rings. The van der Waals surface area contributed by atoms with Crippen LogP contribution in [0.1, 0.15) is 41.3 Å². The van der Waals surface area contributed by atoms with Gasteiger partial charge >= 0.3 is 6.18 Å². The van der Waals surface area contributed by atoms with Crippen LogP contribution in [0, 0.1) is 17.1 Å². The maximum atomic E-state index is 15.1. The second-order valence-corrected chi connectivity index (χ2v) is 12.0. The van der Waals surface area contributed by atoms with Gasteiger partial charge in [-0.3, -0.25) is 4.79 Å². The lowest BCUT2D eigenvalue weighted by Gasteiger charge is -2.28. The van der Waals surface area contributed by atoms with Crippen molar-refractivity contribution in [2.75, 3.05) is 23.7 Å². The van der Waals surface area contributed by atoms with Crippen LogP contribution >= 0.6 is 0 Å². The second kappa shape index (κ2) is 12.0. The number of sulfone groups is 1. The highest BCUT2D eigenvalue weighted by atomic mass is 32.2. The Kier molecular flexibility index (Phi) is 8.79. The van der Waals surface area contributed by atoms with Gasteiger partial charge in [0.15, 0.2) is 15.6 Å². The van der Waals surface area contributed by atoms with E-state index >= 15 is 4.39 Å². The lowest BCUT2D eigenvalue weighted by atomic mass is 9.99. The van der Waals surface area contributed by atoms with Crippen molar-refractivity contribution < 1.29 is 40.6 Å². The topological polar surface area (TPSA) is 120 Å². The van der Waals surface area contributed by atoms with Crippen LogP contribution in [0.2, 0.25) is 0 Å². The number of amides is 1. The number of carbonyl (C=O) groups is 1. The van der Waals surface area contributed by atoms with Crippen LogP contribution in [0.5, 0.6) is 5.75 Å². The van der Waals surface area contributed by atoms with E-state index in [-0.39, 0.29) is 28.1 Å². The molecule has 8 nitrogen and oxygen atoms in total. The number of aliphatic hydroxyl groups is 1. The molecule has 0 unspecified atom stereocenters. The number of carbonyl (C=O) groups excluding carboxylic acids is 1. The van der Waals surface area contributed by atoms with Gasteiger partial charge in [0.1, 0.15) is 17.7 Å². The van der Waals surface area contributed by atoms with Gasteiger partial charge in [0, 0.05) is 24.2 Å². The van der Waals surface area contributed by atoms with E-state index in [0.717, 1.165) is 18.2 Å². The third-order valence-corrected chi connectivity index (χ3v) is 8.67. The largest absolute Gasteiger partial charge is 0.489 e. The molecule has 1 heterocycles. The van der Waals surface area contributed by atoms with E-state index in [1.165, 1.54) is 55.5 Å². The van der Waals surface area contributed by atoms with E-state index < -0.39 is 51.0 Å². The molecular weight excluding hydrogens is 578 g/mol. The molecule has 0 radical (unpaired) electrons. The molecule has 1 aliphatic rings. The van der Waals surface area contributed by atoms with E-state index in [2.05, 4.69) is 5.32 Å². The Balaban J connectivity index is 1.43. The first-order valence-electron chi connectivity index (χ1n) is 12.9. The maximum absolute atomic E-state index is 15.1. The Morgan fingerprint density at radius 3 is 2.31 bits per heavy atom. The molecule has 1 amide bonds. The Morgan fingerprint density at radius 1 is 1.10 bits per heavy atom. The van der Waals surface area contributed by atoms with Crippen LogP contribution in [0.3, 0.4) is 0 Å². The molecule has 1 fully saturated rings. The minimum Gasteiger partial charge on any atom is -0.489 e. The van der Waals surface area contributed by atoms with Gasteiger partial charge < -0.3 is 20.1 Å². The summed E-state index contributed by atoms with van der Waals surface area (Å²) in [7, 11) is -3.51. The highest BCUT2D eigenvalue weighted by molar-refractivity contribution is 7.91. The monoisotopic (exact) mass is 605 g/mol. The molecule has 0 spiro atoms. The third-order valence-electron chi connectivity index (χ3n) is 6.92. The summed E-state index contributed by atoms with van der Waals surface area (Å²) in [6.45, 7) is 2.29. The Bertz CT molecular complexity index is 1590. The number of nitrogens with one attached hydrogen (secondary N) is 1. The van der Waals surface area contributed by atoms with E-state index in [1.54, 1.807) is 11.0 Å². The number of halogens is 4. The van der Waals surface area contributed by atoms with Crippen LogP contribution < -0.4 is 15.0 Å². The fourth-order valence-electron chi connectivity index (χ4n) is 4.55. The molecule has 0 saturated carbocycles. The maximum Gasteiger partial charge on any atom is 0.416 e. The second-order valence-electron chi connectivity index (χ2n) is 9.74. The van der Waals surface area contributed by atoms with Gasteiger partial charge in [-0.25, -0.2) is 12.8 Å². The predicted molar refractivity (Wildman–Crippen MR) is 145 cm³/mol. The first-order chi connectivity index (χ1) is 19.8. The van der Waals surface area contributed by atoms with Crippen LogP contribution in [0.25, 0.3) is 0 Å². The van der Waals surface area contributed by atoms with Crippen molar-refractivity contribution >= 4 is 21.4 Å². The van der Waals surface area contributed by atoms with Crippen LogP contribution in [-0.4, -0.2) is 44.4 Å². The van der Waals surface area contributed by atoms with E-state index in [9.17, 15) is 36.8 Å². The zero-order chi connectivity index (χ0) is 30.7. The molecule has 1 aliphatic heterocycles. The fourth-order valence-corrected chi connectivity index (χ4v) is 5.44. The van der Waals surface area contributed by atoms with Gasteiger partial charge in [-0.15, -0.1) is 0 Å². The van der Waals surface area contributed by atoms with Crippen molar-refractivity contribution in [1.82, 2.24) is 5.32 Å². The molecule has 0 aliphatic carbocycles. The summed E-state index contributed by atoms with van der Waals surface area (Å²) in [4.78, 5) is 14.8. The quantitative estimate of drug-likeness (QED) is 0.266. The summed E-state index contributed by atoms with van der Waals surface area (Å²) in [6.07, 6.45) is -4.86. The number of benzene rings is 3. The molecular formula is C29H27F4N3O5S. The van der Waals surface area contributed by atoms with Crippen molar-refractivity contribution in [1.29, 1.82) is 5.26 Å². The fraction of sp³-hybridized carbons (Fsp3) is 0.310. The Morgan fingerprint density at radius 2 is 1.74 bits per heavy atom. The SMILES string of the molecule is CCS(=O)(=O)c1ccc([C@@](O)(CC#N)NC(=O)c2ccc(N3CC[C@@H](Oc4ccc(C(F)(F)F)cc4)C3)cc2F)cc1. The molecule has 4 rings (SSSR count). The lowest BCUT2D eigenvalue weighted by molar-refractivity contribution is -0.137. The molecule has 13 heteroatoms. The van der Waals surface area contributed by atoms with Gasteiger partial charge in [-0.05, 0) is 54.6 Å². The number of alkyl halides is 3. The Labute approximate surface area is 240 Å². The third kappa shape index (κ3) is 6.83. The minimum absolute atomic E-state index is 0.00919. The number of anilines is 1. The zero-order valence-corrected chi connectivity index (χ0v) is 23.2. The molecule has 222 valence electrons. The van der Waals surface area contributed by atoms with E-state index in [4.69, 9.17) is 4.74 Å². The van der Waals surface area contributed by atoms with Gasteiger partial charge in [0.25, 0.3) is 5.91 Å². The summed E-state index contributed by atoms with van der Waals surface area (Å²) in [6, 6.07) is 15.1. The standard InChI is InChI=1S/C29H27F4N3O5S/c1-2-42(39,40)24-10-5-19(6-11-24)28(38,14-15-34)35-27(37)25-12-7-21(17-26(25)30)36-16-13-23(18-36)41-22-8-3-20(4-9-22)29(31,32)33/h3-12,17,23,38H,2,13-14,16,18H2,1H3,(H,35,37)/t23-,28+/m1/s1. The average Bonchev–Trinajstić information content (AvgIpc) is 3.41. The van der Waals surface area contributed by atoms with Crippen molar-refractivity contribution in [2.45, 2.75) is 42.7 Å². The van der Waals surface area contributed by atoms with Crippen molar-refractivity contribution in [3.05, 3.63) is 89.2 Å². The van der Waals surface area contributed by atoms with E-state index in [0.29, 0.717) is 25.2 Å². The van der Waals surface area contributed by atoms with Crippen LogP contribution in [0.4, 0.5) is 23.2 Å². The average molecular weight is 606 g/mol.